The average Bonchev–Trinajstić information content (AvgIpc) is 2.47. The van der Waals surface area contributed by atoms with Gasteiger partial charge in [-0.1, -0.05) is 18.0 Å². The van der Waals surface area contributed by atoms with Crippen LogP contribution in [0.15, 0.2) is 23.1 Å². The largest absolute Gasteiger partial charge is 0.355 e. The fraction of sp³-hybridized carbons (Fsp3) is 0.462. The zero-order valence-corrected chi connectivity index (χ0v) is 12.8. The molecule has 1 saturated heterocycles. The van der Waals surface area contributed by atoms with E-state index < -0.39 is 10.0 Å². The molecular formula is C13H17ClN2O3S. The summed E-state index contributed by atoms with van der Waals surface area (Å²) < 4.78 is 26.6. The Morgan fingerprint density at radius 3 is 2.50 bits per heavy atom. The maximum absolute atomic E-state index is 12.6. The molecule has 1 amide bonds. The Kier molecular flexibility index (Phi) is 4.67. The zero-order chi connectivity index (χ0) is 14.8. The van der Waals surface area contributed by atoms with Crippen molar-refractivity contribution in [3.63, 3.8) is 0 Å². The lowest BCUT2D eigenvalue weighted by molar-refractivity contribution is 0.0963. The second kappa shape index (κ2) is 6.11. The summed E-state index contributed by atoms with van der Waals surface area (Å²) in [6.07, 6.45) is 2.75. The molecule has 110 valence electrons. The monoisotopic (exact) mass is 316 g/mol. The van der Waals surface area contributed by atoms with E-state index in [-0.39, 0.29) is 21.4 Å². The third kappa shape index (κ3) is 2.97. The van der Waals surface area contributed by atoms with Crippen molar-refractivity contribution < 1.29 is 13.2 Å². The van der Waals surface area contributed by atoms with Crippen LogP contribution in [0.3, 0.4) is 0 Å². The molecule has 0 spiro atoms. The van der Waals surface area contributed by atoms with Gasteiger partial charge in [0.25, 0.3) is 5.91 Å². The number of amides is 1. The first kappa shape index (κ1) is 15.3. The lowest BCUT2D eigenvalue weighted by Crippen LogP contribution is -2.35. The second-order valence-corrected chi connectivity index (χ2v) is 7.00. The van der Waals surface area contributed by atoms with Gasteiger partial charge in [-0.25, -0.2) is 8.42 Å². The minimum absolute atomic E-state index is 0.00201. The summed E-state index contributed by atoms with van der Waals surface area (Å²) >= 11 is 6.01. The molecule has 0 bridgehead atoms. The van der Waals surface area contributed by atoms with Gasteiger partial charge in [-0.3, -0.25) is 4.79 Å². The molecule has 0 aromatic heterocycles. The maximum atomic E-state index is 12.6. The van der Waals surface area contributed by atoms with E-state index in [1.165, 1.54) is 29.6 Å². The van der Waals surface area contributed by atoms with Gasteiger partial charge in [-0.15, -0.1) is 0 Å². The summed E-state index contributed by atoms with van der Waals surface area (Å²) in [4.78, 5) is 11.6. The summed E-state index contributed by atoms with van der Waals surface area (Å²) in [6.45, 7) is 1.01. The molecule has 20 heavy (non-hydrogen) atoms. The predicted molar refractivity (Wildman–Crippen MR) is 77.5 cm³/mol. The van der Waals surface area contributed by atoms with Gasteiger partial charge < -0.3 is 5.32 Å². The first-order valence-corrected chi connectivity index (χ1v) is 8.30. The van der Waals surface area contributed by atoms with Gasteiger partial charge in [0.1, 0.15) is 4.90 Å². The third-order valence-corrected chi connectivity index (χ3v) is 5.73. The molecule has 5 nitrogen and oxygen atoms in total. The second-order valence-electron chi connectivity index (χ2n) is 4.69. The number of benzene rings is 1. The molecule has 1 aliphatic heterocycles. The summed E-state index contributed by atoms with van der Waals surface area (Å²) in [5.41, 5.74) is 0.285. The Labute approximate surface area is 124 Å². The van der Waals surface area contributed by atoms with Crippen molar-refractivity contribution in [1.29, 1.82) is 0 Å². The molecule has 1 aromatic rings. The minimum atomic E-state index is -3.64. The lowest BCUT2D eigenvalue weighted by Gasteiger charge is -2.26. The summed E-state index contributed by atoms with van der Waals surface area (Å²) in [5, 5.41) is 2.61. The fourth-order valence-electron chi connectivity index (χ4n) is 2.23. The highest BCUT2D eigenvalue weighted by molar-refractivity contribution is 7.89. The van der Waals surface area contributed by atoms with Crippen LogP contribution in [-0.2, 0) is 10.0 Å². The number of hydrogen-bond donors (Lipinski definition) is 1. The Morgan fingerprint density at radius 2 is 1.90 bits per heavy atom. The summed E-state index contributed by atoms with van der Waals surface area (Å²) in [5.74, 6) is -0.336. The Morgan fingerprint density at radius 1 is 1.25 bits per heavy atom. The van der Waals surface area contributed by atoms with Crippen molar-refractivity contribution in [3.05, 3.63) is 28.8 Å². The van der Waals surface area contributed by atoms with Crippen LogP contribution in [0.1, 0.15) is 29.6 Å². The van der Waals surface area contributed by atoms with Gasteiger partial charge in [0, 0.05) is 25.7 Å². The number of nitrogens with one attached hydrogen (secondary N) is 1. The molecule has 7 heteroatoms. The molecule has 1 aliphatic rings. The van der Waals surface area contributed by atoms with Crippen LogP contribution in [0.25, 0.3) is 0 Å². The van der Waals surface area contributed by atoms with E-state index in [1.807, 2.05) is 0 Å². The fourth-order valence-corrected chi connectivity index (χ4v) is 4.25. The first-order valence-electron chi connectivity index (χ1n) is 6.48. The molecule has 1 N–H and O–H groups in total. The van der Waals surface area contributed by atoms with Gasteiger partial charge in [-0.05, 0) is 31.0 Å². The van der Waals surface area contributed by atoms with E-state index in [9.17, 15) is 13.2 Å². The Bertz CT molecular complexity index is 610. The molecule has 0 saturated carbocycles. The topological polar surface area (TPSA) is 66.5 Å². The summed E-state index contributed by atoms with van der Waals surface area (Å²) in [6, 6.07) is 4.30. The Balaban J connectivity index is 2.42. The van der Waals surface area contributed by atoms with E-state index >= 15 is 0 Å². The highest BCUT2D eigenvalue weighted by Crippen LogP contribution is 2.27. The van der Waals surface area contributed by atoms with Gasteiger partial charge in [0.15, 0.2) is 0 Å². The number of nitrogens with zero attached hydrogens (tertiary/aromatic N) is 1. The SMILES string of the molecule is CNC(=O)c1ccc(Cl)c(S(=O)(=O)N2CCCCC2)c1. The van der Waals surface area contributed by atoms with Crippen LogP contribution >= 0.6 is 11.6 Å². The third-order valence-electron chi connectivity index (χ3n) is 3.35. The van der Waals surface area contributed by atoms with Crippen LogP contribution in [0.2, 0.25) is 5.02 Å². The number of carbonyl (C=O) groups is 1. The van der Waals surface area contributed by atoms with Gasteiger partial charge >= 0.3 is 0 Å². The van der Waals surface area contributed by atoms with Crippen LogP contribution in [0.5, 0.6) is 0 Å². The first-order chi connectivity index (χ1) is 9.46. The molecule has 0 aliphatic carbocycles. The van der Waals surface area contributed by atoms with Crippen molar-refractivity contribution in [2.75, 3.05) is 20.1 Å². The van der Waals surface area contributed by atoms with Crippen LogP contribution in [0.4, 0.5) is 0 Å². The highest BCUT2D eigenvalue weighted by atomic mass is 35.5. The van der Waals surface area contributed by atoms with Gasteiger partial charge in [-0.2, -0.15) is 4.31 Å². The van der Waals surface area contributed by atoms with Crippen LogP contribution in [-0.4, -0.2) is 38.8 Å². The van der Waals surface area contributed by atoms with Crippen molar-refractivity contribution in [2.24, 2.45) is 0 Å². The molecule has 2 rings (SSSR count). The highest BCUT2D eigenvalue weighted by Gasteiger charge is 2.28. The van der Waals surface area contributed by atoms with E-state index in [0.717, 1.165) is 19.3 Å². The number of sulfonamides is 1. The van der Waals surface area contributed by atoms with Gasteiger partial charge in [0.05, 0.1) is 5.02 Å². The van der Waals surface area contributed by atoms with Gasteiger partial charge in [0.2, 0.25) is 10.0 Å². The molecule has 0 unspecified atom stereocenters. The van der Waals surface area contributed by atoms with E-state index in [1.54, 1.807) is 0 Å². The summed E-state index contributed by atoms with van der Waals surface area (Å²) in [7, 11) is -2.14. The molecule has 1 heterocycles. The number of halogens is 1. The van der Waals surface area contributed by atoms with E-state index in [2.05, 4.69) is 5.32 Å². The lowest BCUT2D eigenvalue weighted by atomic mass is 10.2. The normalized spacial score (nSPS) is 16.9. The number of piperidine rings is 1. The molecule has 1 aromatic carbocycles. The van der Waals surface area contributed by atoms with E-state index in [4.69, 9.17) is 11.6 Å². The average molecular weight is 317 g/mol. The van der Waals surface area contributed by atoms with Crippen LogP contribution in [0, 0.1) is 0 Å². The standard InChI is InChI=1S/C13H17ClN2O3S/c1-15-13(17)10-5-6-11(14)12(9-10)20(18,19)16-7-3-2-4-8-16/h5-6,9H,2-4,7-8H2,1H3,(H,15,17). The van der Waals surface area contributed by atoms with Crippen molar-refractivity contribution in [2.45, 2.75) is 24.2 Å². The van der Waals surface area contributed by atoms with Crippen LogP contribution < -0.4 is 5.32 Å². The van der Waals surface area contributed by atoms with Crippen molar-refractivity contribution >= 4 is 27.5 Å². The maximum Gasteiger partial charge on any atom is 0.251 e. The number of carbonyl (C=O) groups excluding carboxylic acids is 1. The van der Waals surface area contributed by atoms with Crippen molar-refractivity contribution in [1.82, 2.24) is 9.62 Å². The molecule has 1 fully saturated rings. The number of hydrogen-bond acceptors (Lipinski definition) is 3. The minimum Gasteiger partial charge on any atom is -0.355 e. The molecule has 0 atom stereocenters. The Hall–Kier alpha value is -1.11. The quantitative estimate of drug-likeness (QED) is 0.926. The smallest absolute Gasteiger partial charge is 0.251 e. The zero-order valence-electron chi connectivity index (χ0n) is 11.2. The molecule has 0 radical (unpaired) electrons. The molecular weight excluding hydrogens is 300 g/mol. The number of rotatable bonds is 3. The van der Waals surface area contributed by atoms with Crippen molar-refractivity contribution in [3.8, 4) is 0 Å². The van der Waals surface area contributed by atoms with E-state index in [0.29, 0.717) is 13.1 Å². The predicted octanol–water partition coefficient (Wildman–Crippen LogP) is 1.87.